The van der Waals surface area contributed by atoms with Gasteiger partial charge >= 0.3 is 0 Å². The number of aryl methyl sites for hydroxylation is 1. The maximum atomic E-state index is 12.4. The first-order valence-corrected chi connectivity index (χ1v) is 8.30. The summed E-state index contributed by atoms with van der Waals surface area (Å²) in [6, 6.07) is 6.60. The van der Waals surface area contributed by atoms with E-state index in [1.165, 1.54) is 6.20 Å². The molecule has 2 aromatic rings. The highest BCUT2D eigenvalue weighted by Gasteiger charge is 2.22. The number of anilines is 1. The zero-order valence-electron chi connectivity index (χ0n) is 13.1. The van der Waals surface area contributed by atoms with Gasteiger partial charge in [-0.3, -0.25) is 0 Å². The summed E-state index contributed by atoms with van der Waals surface area (Å²) in [5, 5.41) is 0. The summed E-state index contributed by atoms with van der Waals surface area (Å²) in [5.41, 5.74) is 6.97. The molecule has 0 spiro atoms. The third-order valence-electron chi connectivity index (χ3n) is 2.87. The van der Waals surface area contributed by atoms with E-state index in [-0.39, 0.29) is 4.90 Å². The van der Waals surface area contributed by atoms with Gasteiger partial charge in [-0.2, -0.15) is 0 Å². The number of nitrogens with zero attached hydrogens (tertiary/aromatic N) is 2. The summed E-state index contributed by atoms with van der Waals surface area (Å²) < 4.78 is 27.4. The van der Waals surface area contributed by atoms with Crippen LogP contribution in [0.25, 0.3) is 11.3 Å². The van der Waals surface area contributed by atoms with Crippen LogP contribution in [0.2, 0.25) is 0 Å². The lowest BCUT2D eigenvalue weighted by Gasteiger charge is -2.20. The largest absolute Gasteiger partial charge is 0.382 e. The van der Waals surface area contributed by atoms with Crippen LogP contribution >= 0.6 is 0 Å². The summed E-state index contributed by atoms with van der Waals surface area (Å²) in [4.78, 5) is 8.59. The predicted octanol–water partition coefficient (Wildman–Crippen LogP) is 2.11. The van der Waals surface area contributed by atoms with Crippen molar-refractivity contribution in [2.24, 2.45) is 0 Å². The van der Waals surface area contributed by atoms with Gasteiger partial charge in [0.05, 0.1) is 22.5 Å². The van der Waals surface area contributed by atoms with E-state index in [0.29, 0.717) is 22.8 Å². The lowest BCUT2D eigenvalue weighted by atomic mass is 10.1. The Hall–Kier alpha value is -1.99. The van der Waals surface area contributed by atoms with Gasteiger partial charge in [-0.25, -0.2) is 23.1 Å². The average molecular weight is 320 g/mol. The molecule has 6 nitrogen and oxygen atoms in total. The summed E-state index contributed by atoms with van der Waals surface area (Å²) >= 11 is 0. The van der Waals surface area contributed by atoms with Crippen molar-refractivity contribution < 1.29 is 8.42 Å². The molecule has 1 aromatic carbocycles. The van der Waals surface area contributed by atoms with E-state index in [2.05, 4.69) is 14.7 Å². The molecule has 0 aliphatic rings. The van der Waals surface area contributed by atoms with Crippen LogP contribution in [0, 0.1) is 6.92 Å². The Morgan fingerprint density at radius 2 is 1.91 bits per heavy atom. The maximum Gasteiger partial charge on any atom is 0.241 e. The van der Waals surface area contributed by atoms with E-state index in [4.69, 9.17) is 5.73 Å². The van der Waals surface area contributed by atoms with Crippen molar-refractivity contribution >= 4 is 15.8 Å². The molecular formula is C15H20N4O2S. The number of rotatable bonds is 3. The molecule has 2 rings (SSSR count). The van der Waals surface area contributed by atoms with Gasteiger partial charge in [0, 0.05) is 11.1 Å². The molecule has 0 bridgehead atoms. The normalized spacial score (nSPS) is 12.4. The fourth-order valence-corrected chi connectivity index (χ4v) is 3.38. The summed E-state index contributed by atoms with van der Waals surface area (Å²) in [6.45, 7) is 7.14. The number of sulfonamides is 1. The molecule has 1 aromatic heterocycles. The Morgan fingerprint density at radius 3 is 2.50 bits per heavy atom. The molecule has 0 saturated heterocycles. The average Bonchev–Trinajstić information content (AvgIpc) is 2.39. The first kappa shape index (κ1) is 16.4. The lowest BCUT2D eigenvalue weighted by molar-refractivity contribution is 0.491. The van der Waals surface area contributed by atoms with Gasteiger partial charge in [0.25, 0.3) is 0 Å². The SMILES string of the molecule is Cc1nc(-c2cccc(S(=O)(=O)NC(C)(C)C)c2)cnc1N. The summed E-state index contributed by atoms with van der Waals surface area (Å²) in [7, 11) is -3.59. The molecule has 0 saturated carbocycles. The van der Waals surface area contributed by atoms with Gasteiger partial charge in [-0.15, -0.1) is 0 Å². The van der Waals surface area contributed by atoms with E-state index < -0.39 is 15.6 Å². The molecule has 0 aliphatic heterocycles. The maximum absolute atomic E-state index is 12.4. The standard InChI is InChI=1S/C15H20N4O2S/c1-10-14(16)17-9-13(18-10)11-6-5-7-12(8-11)22(20,21)19-15(2,3)4/h5-9,19H,1-4H3,(H2,16,17). The molecule has 0 radical (unpaired) electrons. The molecule has 3 N–H and O–H groups in total. The van der Waals surface area contributed by atoms with Gasteiger partial charge in [-0.1, -0.05) is 12.1 Å². The van der Waals surface area contributed by atoms with Gasteiger partial charge in [0.1, 0.15) is 5.82 Å². The van der Waals surface area contributed by atoms with Crippen LogP contribution in [0.1, 0.15) is 26.5 Å². The summed E-state index contributed by atoms with van der Waals surface area (Å²) in [6.07, 6.45) is 1.53. The van der Waals surface area contributed by atoms with Gasteiger partial charge in [-0.05, 0) is 39.8 Å². The second kappa shape index (κ2) is 5.66. The minimum absolute atomic E-state index is 0.191. The molecule has 0 fully saturated rings. The van der Waals surface area contributed by atoms with E-state index in [9.17, 15) is 8.42 Å². The van der Waals surface area contributed by atoms with Crippen LogP contribution in [-0.2, 0) is 10.0 Å². The van der Waals surface area contributed by atoms with Gasteiger partial charge in [0.15, 0.2) is 0 Å². The number of aromatic nitrogens is 2. The van der Waals surface area contributed by atoms with Crippen LogP contribution in [-0.4, -0.2) is 23.9 Å². The van der Waals surface area contributed by atoms with Crippen LogP contribution in [0.15, 0.2) is 35.4 Å². The number of hydrogen-bond acceptors (Lipinski definition) is 5. The van der Waals surface area contributed by atoms with Crippen molar-refractivity contribution in [3.05, 3.63) is 36.2 Å². The minimum atomic E-state index is -3.59. The second-order valence-corrected chi connectivity index (χ2v) is 7.79. The fraction of sp³-hybridized carbons (Fsp3) is 0.333. The fourth-order valence-electron chi connectivity index (χ4n) is 1.91. The van der Waals surface area contributed by atoms with Gasteiger partial charge < -0.3 is 5.73 Å². The smallest absolute Gasteiger partial charge is 0.241 e. The molecule has 0 atom stereocenters. The van der Waals surface area contributed by atoms with E-state index in [0.717, 1.165) is 0 Å². The molecular weight excluding hydrogens is 300 g/mol. The Morgan fingerprint density at radius 1 is 1.23 bits per heavy atom. The third kappa shape index (κ3) is 3.80. The number of hydrogen-bond donors (Lipinski definition) is 2. The van der Waals surface area contributed by atoms with Crippen LogP contribution in [0.5, 0.6) is 0 Å². The molecule has 0 aliphatic carbocycles. The molecule has 22 heavy (non-hydrogen) atoms. The van der Waals surface area contributed by atoms with Gasteiger partial charge in [0.2, 0.25) is 10.0 Å². The quantitative estimate of drug-likeness (QED) is 0.902. The molecule has 7 heteroatoms. The van der Waals surface area contributed by atoms with Crippen molar-refractivity contribution in [3.8, 4) is 11.3 Å². The minimum Gasteiger partial charge on any atom is -0.382 e. The lowest BCUT2D eigenvalue weighted by Crippen LogP contribution is -2.40. The highest BCUT2D eigenvalue weighted by Crippen LogP contribution is 2.22. The Balaban J connectivity index is 2.44. The molecule has 118 valence electrons. The first-order valence-electron chi connectivity index (χ1n) is 6.82. The highest BCUT2D eigenvalue weighted by atomic mass is 32.2. The number of nitrogen functional groups attached to an aromatic ring is 1. The van der Waals surface area contributed by atoms with Crippen molar-refractivity contribution in [2.45, 2.75) is 38.1 Å². The van der Waals surface area contributed by atoms with Crippen LogP contribution in [0.4, 0.5) is 5.82 Å². The van der Waals surface area contributed by atoms with Crippen molar-refractivity contribution in [1.82, 2.24) is 14.7 Å². The molecule has 1 heterocycles. The Bertz CT molecular complexity index is 795. The van der Waals surface area contributed by atoms with Crippen molar-refractivity contribution in [2.75, 3.05) is 5.73 Å². The number of nitrogens with one attached hydrogen (secondary N) is 1. The van der Waals surface area contributed by atoms with E-state index >= 15 is 0 Å². The Kier molecular flexibility index (Phi) is 4.21. The third-order valence-corrected chi connectivity index (χ3v) is 4.62. The zero-order valence-corrected chi connectivity index (χ0v) is 13.9. The van der Waals surface area contributed by atoms with E-state index in [1.54, 1.807) is 52.0 Å². The zero-order chi connectivity index (χ0) is 16.5. The van der Waals surface area contributed by atoms with Crippen LogP contribution in [0.3, 0.4) is 0 Å². The summed E-state index contributed by atoms with van der Waals surface area (Å²) in [5.74, 6) is 0.363. The highest BCUT2D eigenvalue weighted by molar-refractivity contribution is 7.89. The monoisotopic (exact) mass is 320 g/mol. The van der Waals surface area contributed by atoms with E-state index in [1.807, 2.05) is 0 Å². The number of nitrogens with two attached hydrogens (primary N) is 1. The predicted molar refractivity (Wildman–Crippen MR) is 86.7 cm³/mol. The van der Waals surface area contributed by atoms with Crippen molar-refractivity contribution in [1.29, 1.82) is 0 Å². The molecule has 0 unspecified atom stereocenters. The molecule has 0 amide bonds. The number of benzene rings is 1. The first-order chi connectivity index (χ1) is 10.1. The van der Waals surface area contributed by atoms with Crippen LogP contribution < -0.4 is 10.5 Å². The van der Waals surface area contributed by atoms with Crippen molar-refractivity contribution in [3.63, 3.8) is 0 Å². The Labute approximate surface area is 130 Å². The topological polar surface area (TPSA) is 98.0 Å². The second-order valence-electron chi connectivity index (χ2n) is 6.11.